The number of nitrogens with zero attached hydrogens (tertiary/aromatic N) is 1. The topological polar surface area (TPSA) is 66.5 Å². The minimum absolute atomic E-state index is 0.000369. The fourth-order valence-corrected chi connectivity index (χ4v) is 4.03. The van der Waals surface area contributed by atoms with Crippen molar-refractivity contribution >= 4 is 38.9 Å². The number of sulfonamides is 1. The molecule has 0 aliphatic rings. The van der Waals surface area contributed by atoms with E-state index < -0.39 is 21.7 Å². The van der Waals surface area contributed by atoms with Crippen molar-refractivity contribution < 1.29 is 17.6 Å². The van der Waals surface area contributed by atoms with Crippen LogP contribution in [0.5, 0.6) is 0 Å². The molecule has 0 aromatic heterocycles. The summed E-state index contributed by atoms with van der Waals surface area (Å²) in [4.78, 5) is 12.7. The molecule has 3 aromatic carbocycles. The van der Waals surface area contributed by atoms with E-state index in [-0.39, 0.29) is 26.9 Å². The molecule has 0 unspecified atom stereocenters. The Labute approximate surface area is 173 Å². The molecule has 0 aliphatic heterocycles. The van der Waals surface area contributed by atoms with E-state index >= 15 is 0 Å². The van der Waals surface area contributed by atoms with Crippen molar-refractivity contribution in [3.8, 4) is 0 Å². The number of hydrogen-bond donors (Lipinski definition) is 1. The predicted molar refractivity (Wildman–Crippen MR) is 113 cm³/mol. The highest BCUT2D eigenvalue weighted by atomic mass is 35.5. The van der Waals surface area contributed by atoms with Crippen LogP contribution < -0.4 is 9.62 Å². The summed E-state index contributed by atoms with van der Waals surface area (Å²) in [6.07, 6.45) is 0. The van der Waals surface area contributed by atoms with Gasteiger partial charge in [0.25, 0.3) is 15.9 Å². The second kappa shape index (κ2) is 8.23. The Balaban J connectivity index is 1.93. The first kappa shape index (κ1) is 20.8. The van der Waals surface area contributed by atoms with Gasteiger partial charge in [-0.2, -0.15) is 0 Å². The molecule has 0 radical (unpaired) electrons. The second-order valence-electron chi connectivity index (χ2n) is 6.38. The fraction of sp³-hybridized carbons (Fsp3) is 0.0952. The smallest absolute Gasteiger partial charge is 0.264 e. The molecule has 0 saturated carbocycles. The maximum absolute atomic E-state index is 13.8. The predicted octanol–water partition coefficient (Wildman–Crippen LogP) is 4.86. The lowest BCUT2D eigenvalue weighted by atomic mass is 10.1. The van der Waals surface area contributed by atoms with Crippen LogP contribution in [0.4, 0.5) is 15.8 Å². The monoisotopic (exact) mass is 432 g/mol. The summed E-state index contributed by atoms with van der Waals surface area (Å²) in [7, 11) is -2.45. The summed E-state index contributed by atoms with van der Waals surface area (Å²) in [6, 6.07) is 16.4. The van der Waals surface area contributed by atoms with Crippen LogP contribution in [0.15, 0.2) is 71.6 Å². The summed E-state index contributed by atoms with van der Waals surface area (Å²) >= 11 is 6.13. The zero-order chi connectivity index (χ0) is 21.2. The Morgan fingerprint density at radius 3 is 2.34 bits per heavy atom. The van der Waals surface area contributed by atoms with Crippen LogP contribution in [0.1, 0.15) is 15.9 Å². The van der Waals surface area contributed by atoms with Gasteiger partial charge in [0.1, 0.15) is 5.82 Å². The first-order valence-corrected chi connectivity index (χ1v) is 10.4. The van der Waals surface area contributed by atoms with Crippen molar-refractivity contribution in [2.24, 2.45) is 0 Å². The van der Waals surface area contributed by atoms with E-state index in [9.17, 15) is 17.6 Å². The zero-order valence-corrected chi connectivity index (χ0v) is 17.3. The lowest BCUT2D eigenvalue weighted by Gasteiger charge is -2.20. The molecule has 0 aliphatic carbocycles. The molecule has 0 heterocycles. The van der Waals surface area contributed by atoms with E-state index in [0.717, 1.165) is 9.87 Å². The van der Waals surface area contributed by atoms with Gasteiger partial charge in [0.2, 0.25) is 0 Å². The Morgan fingerprint density at radius 1 is 1.03 bits per heavy atom. The van der Waals surface area contributed by atoms with Gasteiger partial charge in [0.05, 0.1) is 26.9 Å². The van der Waals surface area contributed by atoms with Gasteiger partial charge in [-0.25, -0.2) is 12.8 Å². The molecule has 1 N–H and O–H groups in total. The van der Waals surface area contributed by atoms with Crippen molar-refractivity contribution in [3.05, 3.63) is 88.7 Å². The number of hydrogen-bond acceptors (Lipinski definition) is 3. The van der Waals surface area contributed by atoms with Gasteiger partial charge >= 0.3 is 0 Å². The average molecular weight is 433 g/mol. The number of aryl methyl sites for hydroxylation is 1. The average Bonchev–Trinajstić information content (AvgIpc) is 2.70. The van der Waals surface area contributed by atoms with Crippen LogP contribution >= 0.6 is 11.6 Å². The van der Waals surface area contributed by atoms with E-state index in [0.29, 0.717) is 0 Å². The third-order valence-corrected chi connectivity index (χ3v) is 6.49. The second-order valence-corrected chi connectivity index (χ2v) is 8.76. The molecular formula is C21H18ClFN2O3S. The highest BCUT2D eigenvalue weighted by Gasteiger charge is 2.23. The number of carbonyl (C=O) groups is 1. The highest BCUT2D eigenvalue weighted by Crippen LogP contribution is 2.28. The summed E-state index contributed by atoms with van der Waals surface area (Å²) in [5.41, 5.74) is 1.21. The Kier molecular flexibility index (Phi) is 5.91. The van der Waals surface area contributed by atoms with E-state index in [2.05, 4.69) is 5.32 Å². The number of rotatable bonds is 5. The number of carbonyl (C=O) groups excluding carboxylic acids is 1. The van der Waals surface area contributed by atoms with Crippen molar-refractivity contribution in [2.45, 2.75) is 11.8 Å². The van der Waals surface area contributed by atoms with Crippen molar-refractivity contribution in [1.29, 1.82) is 0 Å². The molecule has 0 spiro atoms. The molecule has 150 valence electrons. The summed E-state index contributed by atoms with van der Waals surface area (Å²) < 4.78 is 40.7. The largest absolute Gasteiger partial charge is 0.319 e. The van der Waals surface area contributed by atoms with Gasteiger partial charge < -0.3 is 5.32 Å². The van der Waals surface area contributed by atoms with E-state index in [1.165, 1.54) is 55.6 Å². The van der Waals surface area contributed by atoms with Gasteiger partial charge in [-0.15, -0.1) is 0 Å². The van der Waals surface area contributed by atoms with Crippen LogP contribution in [0.2, 0.25) is 5.02 Å². The van der Waals surface area contributed by atoms with Crippen molar-refractivity contribution in [1.82, 2.24) is 0 Å². The van der Waals surface area contributed by atoms with Crippen LogP contribution in [0.25, 0.3) is 0 Å². The lowest BCUT2D eigenvalue weighted by molar-refractivity contribution is 0.102. The number of anilines is 2. The van der Waals surface area contributed by atoms with Gasteiger partial charge in [-0.3, -0.25) is 9.10 Å². The van der Waals surface area contributed by atoms with Crippen LogP contribution in [-0.2, 0) is 10.0 Å². The molecule has 3 aromatic rings. The lowest BCUT2D eigenvalue weighted by Crippen LogP contribution is -2.27. The molecule has 3 rings (SSSR count). The normalized spacial score (nSPS) is 11.2. The maximum atomic E-state index is 13.8. The van der Waals surface area contributed by atoms with E-state index in [1.807, 2.05) is 6.92 Å². The van der Waals surface area contributed by atoms with Gasteiger partial charge in [-0.05, 0) is 49.4 Å². The summed E-state index contributed by atoms with van der Waals surface area (Å²) in [5.74, 6) is -1.24. The molecule has 8 heteroatoms. The Hall–Kier alpha value is -2.90. The highest BCUT2D eigenvalue weighted by molar-refractivity contribution is 7.92. The van der Waals surface area contributed by atoms with Crippen molar-refractivity contribution in [2.75, 3.05) is 16.7 Å². The number of halogens is 2. The first-order valence-electron chi connectivity index (χ1n) is 8.61. The molecule has 0 fully saturated rings. The molecule has 0 saturated heterocycles. The molecular weight excluding hydrogens is 415 g/mol. The molecule has 0 bridgehead atoms. The summed E-state index contributed by atoms with van der Waals surface area (Å²) in [6.45, 7) is 1.86. The van der Waals surface area contributed by atoms with Crippen LogP contribution in [-0.4, -0.2) is 21.4 Å². The molecule has 0 atom stereocenters. The summed E-state index contributed by atoms with van der Waals surface area (Å²) in [5, 5.41) is 2.56. The standard InChI is InChI=1S/C21H18ClFN2O3S/c1-14-7-10-16(11-8-14)29(27,28)25(2)15-9-12-18(22)17(13-15)21(26)24-20-6-4-3-5-19(20)23/h3-13H,1-2H3,(H,24,26). The van der Waals surface area contributed by atoms with Gasteiger partial charge in [-0.1, -0.05) is 41.4 Å². The van der Waals surface area contributed by atoms with Crippen LogP contribution in [0, 0.1) is 12.7 Å². The Morgan fingerprint density at radius 2 is 1.69 bits per heavy atom. The molecule has 29 heavy (non-hydrogen) atoms. The minimum Gasteiger partial charge on any atom is -0.319 e. The Bertz CT molecular complexity index is 1160. The SMILES string of the molecule is Cc1ccc(S(=O)(=O)N(C)c2ccc(Cl)c(C(=O)Nc3ccccc3F)c2)cc1. The zero-order valence-electron chi connectivity index (χ0n) is 15.7. The number of nitrogens with one attached hydrogen (secondary N) is 1. The molecule has 1 amide bonds. The first-order chi connectivity index (χ1) is 13.7. The van der Waals surface area contributed by atoms with Gasteiger partial charge in [0.15, 0.2) is 0 Å². The van der Waals surface area contributed by atoms with Crippen LogP contribution in [0.3, 0.4) is 0 Å². The fourth-order valence-electron chi connectivity index (χ4n) is 2.64. The van der Waals surface area contributed by atoms with E-state index in [1.54, 1.807) is 18.2 Å². The van der Waals surface area contributed by atoms with Gasteiger partial charge in [0, 0.05) is 7.05 Å². The third kappa shape index (κ3) is 4.41. The number of benzene rings is 3. The number of para-hydroxylation sites is 1. The number of amides is 1. The minimum atomic E-state index is -3.83. The molecule has 5 nitrogen and oxygen atoms in total. The third-order valence-electron chi connectivity index (χ3n) is 4.36. The van der Waals surface area contributed by atoms with E-state index in [4.69, 9.17) is 11.6 Å². The quantitative estimate of drug-likeness (QED) is 0.625. The maximum Gasteiger partial charge on any atom is 0.264 e. The van der Waals surface area contributed by atoms with Crippen molar-refractivity contribution in [3.63, 3.8) is 0 Å².